The summed E-state index contributed by atoms with van der Waals surface area (Å²) in [6.45, 7) is 5.96. The van der Waals surface area contributed by atoms with Gasteiger partial charge in [0.2, 0.25) is 5.91 Å². The number of carbonyl (C=O) groups excluding carboxylic acids is 1. The fourth-order valence-corrected chi connectivity index (χ4v) is 2.81. The minimum Gasteiger partial charge on any atom is -0.508 e. The molecule has 0 saturated carbocycles. The molecule has 1 aromatic carbocycles. The standard InChI is InChI=1S/C16H24N2O2/c1-12(10-14-5-7-15(19)8-6-14)17-13(2)11-18-9-3-4-16(18)20/h5-8,12-13,17,19H,3-4,9-11H2,1-2H3. The largest absolute Gasteiger partial charge is 0.508 e. The van der Waals surface area contributed by atoms with E-state index < -0.39 is 0 Å². The van der Waals surface area contributed by atoms with E-state index in [1.807, 2.05) is 17.0 Å². The Hall–Kier alpha value is -1.55. The number of likely N-dealkylation sites (tertiary alicyclic amines) is 1. The summed E-state index contributed by atoms with van der Waals surface area (Å²) >= 11 is 0. The maximum absolute atomic E-state index is 11.6. The number of nitrogens with one attached hydrogen (secondary N) is 1. The van der Waals surface area contributed by atoms with E-state index in [1.54, 1.807) is 12.1 Å². The van der Waals surface area contributed by atoms with E-state index in [0.29, 0.717) is 24.3 Å². The molecular formula is C16H24N2O2. The average molecular weight is 276 g/mol. The zero-order valence-corrected chi connectivity index (χ0v) is 12.3. The van der Waals surface area contributed by atoms with Gasteiger partial charge in [-0.3, -0.25) is 4.79 Å². The van der Waals surface area contributed by atoms with Gasteiger partial charge < -0.3 is 15.3 Å². The minimum atomic E-state index is 0.282. The lowest BCUT2D eigenvalue weighted by atomic mass is 10.1. The van der Waals surface area contributed by atoms with Crippen molar-refractivity contribution >= 4 is 5.91 Å². The van der Waals surface area contributed by atoms with E-state index in [9.17, 15) is 9.90 Å². The summed E-state index contributed by atoms with van der Waals surface area (Å²) in [5.74, 6) is 0.583. The SMILES string of the molecule is CC(Cc1ccc(O)cc1)NC(C)CN1CCCC1=O. The Labute approximate surface area is 120 Å². The molecule has 2 rings (SSSR count). The van der Waals surface area contributed by atoms with Crippen LogP contribution in [0.5, 0.6) is 5.75 Å². The van der Waals surface area contributed by atoms with Gasteiger partial charge in [-0.2, -0.15) is 0 Å². The number of amides is 1. The molecule has 2 N–H and O–H groups in total. The Balaban J connectivity index is 1.77. The number of aromatic hydroxyl groups is 1. The van der Waals surface area contributed by atoms with Crippen LogP contribution in [0.2, 0.25) is 0 Å². The second-order valence-corrected chi connectivity index (χ2v) is 5.78. The molecule has 1 saturated heterocycles. The number of hydrogen-bond donors (Lipinski definition) is 2. The molecule has 1 aliphatic heterocycles. The summed E-state index contributed by atoms with van der Waals surface area (Å²) in [7, 11) is 0. The Kier molecular flexibility index (Phi) is 5.01. The molecule has 1 aliphatic rings. The third-order valence-corrected chi connectivity index (χ3v) is 3.71. The molecule has 1 heterocycles. The maximum Gasteiger partial charge on any atom is 0.222 e. The van der Waals surface area contributed by atoms with Gasteiger partial charge in [0, 0.05) is 31.6 Å². The molecule has 20 heavy (non-hydrogen) atoms. The first kappa shape index (κ1) is 14.9. The molecule has 2 unspecified atom stereocenters. The highest BCUT2D eigenvalue weighted by atomic mass is 16.3. The Morgan fingerprint density at radius 2 is 1.95 bits per heavy atom. The lowest BCUT2D eigenvalue weighted by molar-refractivity contribution is -0.127. The lowest BCUT2D eigenvalue weighted by Gasteiger charge is -2.25. The van der Waals surface area contributed by atoms with Gasteiger partial charge in [-0.25, -0.2) is 0 Å². The molecule has 1 fully saturated rings. The number of phenols is 1. The fraction of sp³-hybridized carbons (Fsp3) is 0.562. The molecule has 4 heteroatoms. The third-order valence-electron chi connectivity index (χ3n) is 3.71. The fourth-order valence-electron chi connectivity index (χ4n) is 2.81. The number of nitrogens with zero attached hydrogens (tertiary/aromatic N) is 1. The average Bonchev–Trinajstić information content (AvgIpc) is 2.77. The Morgan fingerprint density at radius 1 is 1.25 bits per heavy atom. The monoisotopic (exact) mass is 276 g/mol. The number of hydrogen-bond acceptors (Lipinski definition) is 3. The van der Waals surface area contributed by atoms with E-state index >= 15 is 0 Å². The van der Waals surface area contributed by atoms with Crippen LogP contribution < -0.4 is 5.32 Å². The van der Waals surface area contributed by atoms with Gasteiger partial charge in [-0.05, 0) is 44.4 Å². The first-order chi connectivity index (χ1) is 9.54. The van der Waals surface area contributed by atoms with Crippen molar-refractivity contribution in [1.29, 1.82) is 0 Å². The zero-order chi connectivity index (χ0) is 14.5. The number of carbonyl (C=O) groups is 1. The molecular weight excluding hydrogens is 252 g/mol. The summed E-state index contributed by atoms with van der Waals surface area (Å²) in [5, 5.41) is 12.8. The molecule has 0 spiro atoms. The van der Waals surface area contributed by atoms with E-state index in [-0.39, 0.29) is 5.91 Å². The van der Waals surface area contributed by atoms with E-state index in [2.05, 4.69) is 19.2 Å². The van der Waals surface area contributed by atoms with Crippen molar-refractivity contribution < 1.29 is 9.90 Å². The highest BCUT2D eigenvalue weighted by Gasteiger charge is 2.22. The van der Waals surface area contributed by atoms with Gasteiger partial charge >= 0.3 is 0 Å². The number of benzene rings is 1. The molecule has 2 atom stereocenters. The van der Waals surface area contributed by atoms with Crippen molar-refractivity contribution in [3.8, 4) is 5.75 Å². The molecule has 1 aromatic rings. The van der Waals surface area contributed by atoms with Crippen LogP contribution in [0.15, 0.2) is 24.3 Å². The second-order valence-electron chi connectivity index (χ2n) is 5.78. The smallest absolute Gasteiger partial charge is 0.222 e. The predicted octanol–water partition coefficient (Wildman–Crippen LogP) is 1.92. The Morgan fingerprint density at radius 3 is 2.55 bits per heavy atom. The van der Waals surface area contributed by atoms with Gasteiger partial charge in [-0.1, -0.05) is 12.1 Å². The topological polar surface area (TPSA) is 52.6 Å². The summed E-state index contributed by atoms with van der Waals surface area (Å²) in [6.07, 6.45) is 2.61. The van der Waals surface area contributed by atoms with Crippen LogP contribution in [0.25, 0.3) is 0 Å². The van der Waals surface area contributed by atoms with Crippen molar-refractivity contribution in [2.45, 2.75) is 45.2 Å². The van der Waals surface area contributed by atoms with Crippen molar-refractivity contribution in [3.05, 3.63) is 29.8 Å². The molecule has 1 amide bonds. The van der Waals surface area contributed by atoms with E-state index in [4.69, 9.17) is 0 Å². The quantitative estimate of drug-likeness (QED) is 0.834. The summed E-state index contributed by atoms with van der Waals surface area (Å²) in [6, 6.07) is 7.96. The number of rotatable bonds is 6. The van der Waals surface area contributed by atoms with Crippen molar-refractivity contribution in [3.63, 3.8) is 0 Å². The van der Waals surface area contributed by atoms with Gasteiger partial charge in [0.25, 0.3) is 0 Å². The highest BCUT2D eigenvalue weighted by Crippen LogP contribution is 2.12. The zero-order valence-electron chi connectivity index (χ0n) is 12.3. The summed E-state index contributed by atoms with van der Waals surface area (Å²) in [5.41, 5.74) is 1.20. The number of phenolic OH excluding ortho intramolecular Hbond substituents is 1. The van der Waals surface area contributed by atoms with Gasteiger partial charge in [0.1, 0.15) is 5.75 Å². The molecule has 0 aromatic heterocycles. The van der Waals surface area contributed by atoms with E-state index in [0.717, 1.165) is 25.9 Å². The van der Waals surface area contributed by atoms with Crippen LogP contribution in [0.1, 0.15) is 32.3 Å². The first-order valence-corrected chi connectivity index (χ1v) is 7.36. The molecule has 0 bridgehead atoms. The lowest BCUT2D eigenvalue weighted by Crippen LogP contribution is -2.44. The summed E-state index contributed by atoms with van der Waals surface area (Å²) < 4.78 is 0. The highest BCUT2D eigenvalue weighted by molar-refractivity contribution is 5.78. The van der Waals surface area contributed by atoms with Crippen LogP contribution in [0.4, 0.5) is 0 Å². The van der Waals surface area contributed by atoms with Crippen molar-refractivity contribution in [2.75, 3.05) is 13.1 Å². The van der Waals surface area contributed by atoms with E-state index in [1.165, 1.54) is 5.56 Å². The van der Waals surface area contributed by atoms with Crippen LogP contribution in [-0.4, -0.2) is 41.1 Å². The third kappa shape index (κ3) is 4.23. The van der Waals surface area contributed by atoms with Crippen molar-refractivity contribution in [2.24, 2.45) is 0 Å². The molecule has 0 aliphatic carbocycles. The van der Waals surface area contributed by atoms with Crippen molar-refractivity contribution in [1.82, 2.24) is 10.2 Å². The van der Waals surface area contributed by atoms with Gasteiger partial charge in [0.15, 0.2) is 0 Å². The van der Waals surface area contributed by atoms with Crippen LogP contribution >= 0.6 is 0 Å². The first-order valence-electron chi connectivity index (χ1n) is 7.36. The maximum atomic E-state index is 11.6. The normalized spacial score (nSPS) is 18.3. The van der Waals surface area contributed by atoms with Crippen LogP contribution in [-0.2, 0) is 11.2 Å². The van der Waals surface area contributed by atoms with Gasteiger partial charge in [-0.15, -0.1) is 0 Å². The second kappa shape index (κ2) is 6.75. The molecule has 0 radical (unpaired) electrons. The molecule has 4 nitrogen and oxygen atoms in total. The minimum absolute atomic E-state index is 0.282. The Bertz CT molecular complexity index is 444. The molecule has 110 valence electrons. The van der Waals surface area contributed by atoms with Gasteiger partial charge in [0.05, 0.1) is 0 Å². The van der Waals surface area contributed by atoms with Crippen LogP contribution in [0.3, 0.4) is 0 Å². The summed E-state index contributed by atoms with van der Waals surface area (Å²) in [4.78, 5) is 13.5. The van der Waals surface area contributed by atoms with Crippen LogP contribution in [0, 0.1) is 0 Å². The predicted molar refractivity (Wildman–Crippen MR) is 79.7 cm³/mol.